The summed E-state index contributed by atoms with van der Waals surface area (Å²) in [6.45, 7) is 11.1. The minimum absolute atomic E-state index is 0.306. The topological polar surface area (TPSA) is 32.7 Å². The van der Waals surface area contributed by atoms with Crippen LogP contribution in [-0.4, -0.2) is 30.0 Å². The molecule has 0 radical (unpaired) electrons. The van der Waals surface area contributed by atoms with Gasteiger partial charge in [-0.15, -0.1) is 0 Å². The molecule has 0 unspecified atom stereocenters. The Hall–Kier alpha value is -3.46. The molecule has 0 aromatic heterocycles. The zero-order valence-corrected chi connectivity index (χ0v) is 27.5. The van der Waals surface area contributed by atoms with E-state index in [4.69, 9.17) is 0 Å². The minimum atomic E-state index is 0.306. The Balaban J connectivity index is 1.24. The number of unbranched alkanes of at least 4 members (excludes halogenated alkanes) is 1. The molecule has 1 aromatic carbocycles. The van der Waals surface area contributed by atoms with Gasteiger partial charge in [-0.3, -0.25) is 9.79 Å². The number of ketones is 1. The summed E-state index contributed by atoms with van der Waals surface area (Å²) in [5.41, 5.74) is 10.3. The molecule has 2 aliphatic heterocycles. The van der Waals surface area contributed by atoms with Crippen LogP contribution in [0.4, 0.5) is 0 Å². The fraction of sp³-hybridized carbons (Fsp3) is 0.463. The Morgan fingerprint density at radius 3 is 2.68 bits per heavy atom. The minimum Gasteiger partial charge on any atom is -0.370 e. The number of allylic oxidation sites excluding steroid dienone is 9. The maximum Gasteiger partial charge on any atom is 0.161 e. The van der Waals surface area contributed by atoms with E-state index in [-0.39, 0.29) is 0 Å². The Bertz CT molecular complexity index is 1420. The van der Waals surface area contributed by atoms with Gasteiger partial charge in [0.25, 0.3) is 0 Å². The first-order valence-electron chi connectivity index (χ1n) is 17.2. The van der Waals surface area contributed by atoms with Gasteiger partial charge in [0.2, 0.25) is 0 Å². The van der Waals surface area contributed by atoms with Gasteiger partial charge in [0.15, 0.2) is 5.78 Å². The van der Waals surface area contributed by atoms with E-state index in [1.165, 1.54) is 52.8 Å². The average molecular weight is 589 g/mol. The molecule has 2 aliphatic carbocycles. The molecule has 1 atom stereocenters. The number of rotatable bonds is 12. The highest BCUT2D eigenvalue weighted by Gasteiger charge is 2.33. The van der Waals surface area contributed by atoms with E-state index >= 15 is 0 Å². The summed E-state index contributed by atoms with van der Waals surface area (Å²) in [5, 5.41) is 0. The van der Waals surface area contributed by atoms with Crippen LogP contribution < -0.4 is 0 Å². The number of Topliss-reactive ketones (excluding diaryl/α,β-unsaturated/α-hetero) is 1. The van der Waals surface area contributed by atoms with E-state index < -0.39 is 0 Å². The number of nitrogens with zero attached hydrogens (tertiary/aromatic N) is 2. The van der Waals surface area contributed by atoms with Crippen molar-refractivity contribution in [1.29, 1.82) is 0 Å². The van der Waals surface area contributed by atoms with Gasteiger partial charge < -0.3 is 4.90 Å². The highest BCUT2D eigenvalue weighted by atomic mass is 16.1. The fourth-order valence-corrected chi connectivity index (χ4v) is 6.75. The number of fused-ring (bicyclic) bond motifs is 1. The van der Waals surface area contributed by atoms with Crippen LogP contribution in [0.3, 0.4) is 0 Å². The van der Waals surface area contributed by atoms with E-state index in [0.717, 1.165) is 69.5 Å². The molecule has 1 fully saturated rings. The van der Waals surface area contributed by atoms with Crippen molar-refractivity contribution in [3.63, 3.8) is 0 Å². The third kappa shape index (κ3) is 8.80. The summed E-state index contributed by atoms with van der Waals surface area (Å²) in [6, 6.07) is 9.01. The third-order valence-corrected chi connectivity index (χ3v) is 9.07. The lowest BCUT2D eigenvalue weighted by molar-refractivity contribution is -0.117. The normalized spacial score (nSPS) is 22.3. The van der Waals surface area contributed by atoms with Crippen LogP contribution in [0.1, 0.15) is 103 Å². The standard InChI is InChI=1S/C41H52N2O/c1-5-10-33(25-30(2)3)12-8-6-7-11-32-14-16-34(17-15-32)36-20-21-38-28-42-23-22-40(39(38)27-36)43-24-9-13-37(26-31(4)29-43)41(44)35-18-19-35/h7,11-17,20,22-23,27-28,30-31,35H,5-6,8-10,18-19,21,24-26,29H2,1-4H3/b11-7+,33-12+,37-13-/t31-/m0/s1. The lowest BCUT2D eigenvalue weighted by atomic mass is 9.87. The largest absolute Gasteiger partial charge is 0.370 e. The molecule has 2 heterocycles. The van der Waals surface area contributed by atoms with Crippen LogP contribution in [0.15, 0.2) is 99.9 Å². The number of carbonyl (C=O) groups excluding carboxylic acids is 1. The predicted octanol–water partition coefficient (Wildman–Crippen LogP) is 10.5. The molecule has 0 N–H and O–H groups in total. The molecule has 0 amide bonds. The van der Waals surface area contributed by atoms with Crippen molar-refractivity contribution in [3.05, 3.63) is 106 Å². The molecule has 1 saturated carbocycles. The SMILES string of the molecule is CCC/C(=C\CC/C=C/c1ccc(C2=CCC3=CN=CC=C(N4CC/C=C(\C(=O)C5CC5)C[C@H](C)C4)C3=C2)cc1)CC(C)C. The number of aliphatic imine (C=N–C) groups is 1. The number of hydrogen-bond acceptors (Lipinski definition) is 3. The molecular weight excluding hydrogens is 536 g/mol. The summed E-state index contributed by atoms with van der Waals surface area (Å²) in [6.07, 6.45) is 30.9. The highest BCUT2D eigenvalue weighted by molar-refractivity contribution is 5.98. The first-order valence-corrected chi connectivity index (χ1v) is 17.2. The van der Waals surface area contributed by atoms with Crippen LogP contribution in [0.25, 0.3) is 11.6 Å². The van der Waals surface area contributed by atoms with Crippen molar-refractivity contribution in [2.45, 2.75) is 91.9 Å². The first kappa shape index (κ1) is 31.9. The summed E-state index contributed by atoms with van der Waals surface area (Å²) in [5.74, 6) is 1.88. The quantitative estimate of drug-likeness (QED) is 0.180. The van der Waals surface area contributed by atoms with Crippen LogP contribution in [0.2, 0.25) is 0 Å². The van der Waals surface area contributed by atoms with Crippen molar-refractivity contribution >= 4 is 23.6 Å². The first-order chi connectivity index (χ1) is 21.4. The van der Waals surface area contributed by atoms with Crippen LogP contribution in [-0.2, 0) is 4.79 Å². The Morgan fingerprint density at radius 2 is 1.93 bits per heavy atom. The molecule has 0 spiro atoms. The Morgan fingerprint density at radius 1 is 1.11 bits per heavy atom. The molecule has 0 bridgehead atoms. The van der Waals surface area contributed by atoms with Crippen molar-refractivity contribution in [1.82, 2.24) is 4.90 Å². The molecule has 4 aliphatic rings. The molecule has 5 rings (SSSR count). The van der Waals surface area contributed by atoms with Gasteiger partial charge in [0.05, 0.1) is 0 Å². The molecule has 232 valence electrons. The second kappa shape index (κ2) is 15.5. The zero-order chi connectivity index (χ0) is 30.9. The third-order valence-electron chi connectivity index (χ3n) is 9.07. The van der Waals surface area contributed by atoms with Crippen molar-refractivity contribution in [2.24, 2.45) is 22.7 Å². The zero-order valence-electron chi connectivity index (χ0n) is 27.5. The summed E-state index contributed by atoms with van der Waals surface area (Å²) in [4.78, 5) is 19.9. The molecule has 1 aromatic rings. The summed E-state index contributed by atoms with van der Waals surface area (Å²) < 4.78 is 0. The van der Waals surface area contributed by atoms with Gasteiger partial charge in [-0.2, -0.15) is 0 Å². The lowest BCUT2D eigenvalue weighted by Gasteiger charge is -2.34. The van der Waals surface area contributed by atoms with Gasteiger partial charge in [-0.25, -0.2) is 0 Å². The van der Waals surface area contributed by atoms with E-state index in [9.17, 15) is 4.79 Å². The average Bonchev–Trinajstić information content (AvgIpc) is 3.86. The van der Waals surface area contributed by atoms with Gasteiger partial charge in [-0.05, 0) is 110 Å². The Kier molecular flexibility index (Phi) is 11.3. The monoisotopic (exact) mass is 588 g/mol. The van der Waals surface area contributed by atoms with Crippen molar-refractivity contribution in [2.75, 3.05) is 13.1 Å². The second-order valence-corrected chi connectivity index (χ2v) is 13.6. The maximum absolute atomic E-state index is 12.8. The molecule has 44 heavy (non-hydrogen) atoms. The van der Waals surface area contributed by atoms with E-state index in [1.54, 1.807) is 5.57 Å². The van der Waals surface area contributed by atoms with Crippen molar-refractivity contribution < 1.29 is 4.79 Å². The predicted molar refractivity (Wildman–Crippen MR) is 188 cm³/mol. The van der Waals surface area contributed by atoms with Crippen molar-refractivity contribution in [3.8, 4) is 0 Å². The number of carbonyl (C=O) groups is 1. The Labute approximate surface area is 266 Å². The number of benzene rings is 1. The molecule has 0 saturated heterocycles. The number of hydrogen-bond donors (Lipinski definition) is 0. The summed E-state index contributed by atoms with van der Waals surface area (Å²) >= 11 is 0. The lowest BCUT2D eigenvalue weighted by Crippen LogP contribution is -2.32. The second-order valence-electron chi connectivity index (χ2n) is 13.6. The van der Waals surface area contributed by atoms with Gasteiger partial charge >= 0.3 is 0 Å². The maximum atomic E-state index is 12.8. The highest BCUT2D eigenvalue weighted by Crippen LogP contribution is 2.38. The molecule has 3 heteroatoms. The van der Waals surface area contributed by atoms with Crippen LogP contribution in [0.5, 0.6) is 0 Å². The van der Waals surface area contributed by atoms with Crippen LogP contribution >= 0.6 is 0 Å². The van der Waals surface area contributed by atoms with Gasteiger partial charge in [0, 0.05) is 42.7 Å². The molecular formula is C41H52N2O. The van der Waals surface area contributed by atoms with Gasteiger partial charge in [0.1, 0.15) is 0 Å². The summed E-state index contributed by atoms with van der Waals surface area (Å²) in [7, 11) is 0. The van der Waals surface area contributed by atoms with E-state index in [0.29, 0.717) is 17.6 Å². The van der Waals surface area contributed by atoms with E-state index in [1.807, 2.05) is 12.4 Å². The van der Waals surface area contributed by atoms with Crippen LogP contribution in [0, 0.1) is 17.8 Å². The van der Waals surface area contributed by atoms with E-state index in [2.05, 4.69) is 104 Å². The fourth-order valence-electron chi connectivity index (χ4n) is 6.75. The molecule has 3 nitrogen and oxygen atoms in total. The smallest absolute Gasteiger partial charge is 0.161 e. The van der Waals surface area contributed by atoms with Gasteiger partial charge in [-0.1, -0.05) is 94.3 Å².